The number of amides is 2. The molecule has 8 heteroatoms. The number of rotatable bonds is 4. The maximum Gasteiger partial charge on any atom is 0.244 e. The van der Waals surface area contributed by atoms with Crippen molar-refractivity contribution >= 4 is 23.2 Å². The van der Waals surface area contributed by atoms with Gasteiger partial charge in [0.15, 0.2) is 11.5 Å². The van der Waals surface area contributed by atoms with Crippen LogP contribution < -0.4 is 19.7 Å². The molecular weight excluding hydrogens is 346 g/mol. The number of nitrogens with zero attached hydrogens (tertiary/aromatic N) is 1. The summed E-state index contributed by atoms with van der Waals surface area (Å²) >= 11 is 0. The SMILES string of the molecule is CC(=O)N(CC(=O)Nc1c(F)cccc1F)c1ccc2c(c1)OCCO2. The van der Waals surface area contributed by atoms with Gasteiger partial charge in [-0.2, -0.15) is 0 Å². The molecule has 1 N–H and O–H groups in total. The predicted molar refractivity (Wildman–Crippen MR) is 90.4 cm³/mol. The summed E-state index contributed by atoms with van der Waals surface area (Å²) in [4.78, 5) is 25.3. The molecule has 0 saturated heterocycles. The van der Waals surface area contributed by atoms with Gasteiger partial charge in [-0.15, -0.1) is 0 Å². The molecule has 0 fully saturated rings. The highest BCUT2D eigenvalue weighted by molar-refractivity contribution is 6.02. The Morgan fingerprint density at radius 2 is 1.73 bits per heavy atom. The summed E-state index contributed by atoms with van der Waals surface area (Å²) in [6.45, 7) is 1.68. The minimum atomic E-state index is -0.896. The van der Waals surface area contributed by atoms with Crippen molar-refractivity contribution in [3.8, 4) is 11.5 Å². The maximum atomic E-state index is 13.7. The molecular formula is C18H16F2N2O4. The number of halogens is 2. The van der Waals surface area contributed by atoms with Gasteiger partial charge >= 0.3 is 0 Å². The lowest BCUT2D eigenvalue weighted by atomic mass is 10.2. The lowest BCUT2D eigenvalue weighted by Crippen LogP contribution is -2.37. The second-order valence-electron chi connectivity index (χ2n) is 5.58. The molecule has 0 spiro atoms. The van der Waals surface area contributed by atoms with Gasteiger partial charge < -0.3 is 19.7 Å². The van der Waals surface area contributed by atoms with E-state index in [9.17, 15) is 18.4 Å². The molecule has 1 heterocycles. The molecule has 26 heavy (non-hydrogen) atoms. The fraction of sp³-hybridized carbons (Fsp3) is 0.222. The van der Waals surface area contributed by atoms with E-state index in [1.165, 1.54) is 17.9 Å². The van der Waals surface area contributed by atoms with Gasteiger partial charge in [0.2, 0.25) is 11.8 Å². The van der Waals surface area contributed by atoms with Crippen molar-refractivity contribution in [3.63, 3.8) is 0 Å². The van der Waals surface area contributed by atoms with Gasteiger partial charge in [0.05, 0.1) is 0 Å². The average molecular weight is 362 g/mol. The van der Waals surface area contributed by atoms with Gasteiger partial charge in [-0.05, 0) is 24.3 Å². The summed E-state index contributed by atoms with van der Waals surface area (Å²) in [6.07, 6.45) is 0. The van der Waals surface area contributed by atoms with E-state index >= 15 is 0 Å². The van der Waals surface area contributed by atoms with Crippen LogP contribution in [0.25, 0.3) is 0 Å². The van der Waals surface area contributed by atoms with Gasteiger partial charge in [0, 0.05) is 18.7 Å². The number of anilines is 2. The lowest BCUT2D eigenvalue weighted by molar-refractivity contribution is -0.120. The second kappa shape index (κ2) is 7.38. The van der Waals surface area contributed by atoms with E-state index < -0.39 is 35.7 Å². The van der Waals surface area contributed by atoms with Crippen molar-refractivity contribution in [2.45, 2.75) is 6.92 Å². The molecule has 0 bridgehead atoms. The van der Waals surface area contributed by atoms with Crippen molar-refractivity contribution < 1.29 is 27.8 Å². The van der Waals surface area contributed by atoms with E-state index in [4.69, 9.17) is 9.47 Å². The molecule has 0 saturated carbocycles. The molecule has 2 amide bonds. The van der Waals surface area contributed by atoms with Gasteiger partial charge in [0.1, 0.15) is 37.1 Å². The first-order chi connectivity index (χ1) is 12.5. The Morgan fingerprint density at radius 1 is 1.08 bits per heavy atom. The zero-order valence-corrected chi connectivity index (χ0v) is 13.9. The topological polar surface area (TPSA) is 67.9 Å². The first-order valence-electron chi connectivity index (χ1n) is 7.87. The highest BCUT2D eigenvalue weighted by atomic mass is 19.1. The number of ether oxygens (including phenoxy) is 2. The van der Waals surface area contributed by atoms with Crippen LogP contribution in [0.3, 0.4) is 0 Å². The van der Waals surface area contributed by atoms with Crippen molar-refractivity contribution in [2.24, 2.45) is 0 Å². The molecule has 1 aliphatic rings. The lowest BCUT2D eigenvalue weighted by Gasteiger charge is -2.24. The van der Waals surface area contributed by atoms with Crippen LogP contribution in [0.15, 0.2) is 36.4 Å². The van der Waals surface area contributed by atoms with E-state index in [0.29, 0.717) is 30.4 Å². The molecule has 3 rings (SSSR count). The van der Waals surface area contributed by atoms with Crippen LogP contribution in [0, 0.1) is 11.6 Å². The maximum absolute atomic E-state index is 13.7. The van der Waals surface area contributed by atoms with Crippen LogP contribution in [0.2, 0.25) is 0 Å². The molecule has 0 aromatic heterocycles. The number of benzene rings is 2. The summed E-state index contributed by atoms with van der Waals surface area (Å²) in [6, 6.07) is 8.06. The normalized spacial score (nSPS) is 12.4. The molecule has 0 unspecified atom stereocenters. The van der Waals surface area contributed by atoms with Crippen LogP contribution in [0.5, 0.6) is 11.5 Å². The van der Waals surface area contributed by atoms with E-state index in [-0.39, 0.29) is 0 Å². The van der Waals surface area contributed by atoms with E-state index in [1.807, 2.05) is 0 Å². The molecule has 0 aliphatic carbocycles. The zero-order valence-electron chi connectivity index (χ0n) is 13.9. The minimum absolute atomic E-state index is 0.379. The van der Waals surface area contributed by atoms with Crippen molar-refractivity contribution in [1.29, 1.82) is 0 Å². The van der Waals surface area contributed by atoms with Crippen LogP contribution >= 0.6 is 0 Å². The third-order valence-corrected chi connectivity index (χ3v) is 3.75. The third-order valence-electron chi connectivity index (χ3n) is 3.75. The highest BCUT2D eigenvalue weighted by Crippen LogP contribution is 2.34. The fourth-order valence-corrected chi connectivity index (χ4v) is 2.52. The molecule has 1 aliphatic heterocycles. The van der Waals surface area contributed by atoms with Crippen molar-refractivity contribution in [3.05, 3.63) is 48.0 Å². The Bertz CT molecular complexity index is 837. The standard InChI is InChI=1S/C18H16F2N2O4/c1-11(23)22(12-5-6-15-16(9-12)26-8-7-25-15)10-17(24)21-18-13(19)3-2-4-14(18)20/h2-6,9H,7-8,10H2,1H3,(H,21,24). The summed E-state index contributed by atoms with van der Waals surface area (Å²) in [5.41, 5.74) is -0.144. The van der Waals surface area contributed by atoms with Crippen LogP contribution in [0.1, 0.15) is 6.92 Å². The Hall–Kier alpha value is -3.16. The van der Waals surface area contributed by atoms with Crippen molar-refractivity contribution in [1.82, 2.24) is 0 Å². The fourth-order valence-electron chi connectivity index (χ4n) is 2.52. The number of para-hydroxylation sites is 1. The van der Waals surface area contributed by atoms with Gasteiger partial charge in [-0.3, -0.25) is 9.59 Å². The number of fused-ring (bicyclic) bond motifs is 1. The summed E-state index contributed by atoms with van der Waals surface area (Å²) in [5, 5.41) is 2.16. The third kappa shape index (κ3) is 3.74. The molecule has 6 nitrogen and oxygen atoms in total. The largest absolute Gasteiger partial charge is 0.486 e. The van der Waals surface area contributed by atoms with E-state index in [2.05, 4.69) is 5.32 Å². The Morgan fingerprint density at radius 3 is 2.38 bits per heavy atom. The van der Waals surface area contributed by atoms with Crippen LogP contribution in [-0.2, 0) is 9.59 Å². The molecule has 0 radical (unpaired) electrons. The van der Waals surface area contributed by atoms with Crippen LogP contribution in [0.4, 0.5) is 20.2 Å². The quantitative estimate of drug-likeness (QED) is 0.908. The monoisotopic (exact) mass is 362 g/mol. The van der Waals surface area contributed by atoms with Crippen LogP contribution in [-0.4, -0.2) is 31.6 Å². The average Bonchev–Trinajstić information content (AvgIpc) is 2.62. The second-order valence-corrected chi connectivity index (χ2v) is 5.58. The van der Waals surface area contributed by atoms with E-state index in [1.54, 1.807) is 18.2 Å². The van der Waals surface area contributed by atoms with Gasteiger partial charge in [0.25, 0.3) is 0 Å². The summed E-state index contributed by atoms with van der Waals surface area (Å²) in [7, 11) is 0. The minimum Gasteiger partial charge on any atom is -0.486 e. The molecule has 0 atom stereocenters. The van der Waals surface area contributed by atoms with E-state index in [0.717, 1.165) is 12.1 Å². The number of nitrogens with one attached hydrogen (secondary N) is 1. The molecule has 2 aromatic rings. The molecule has 136 valence electrons. The van der Waals surface area contributed by atoms with Crippen molar-refractivity contribution in [2.75, 3.05) is 30.0 Å². The smallest absolute Gasteiger partial charge is 0.244 e. The number of carbonyl (C=O) groups is 2. The zero-order chi connectivity index (χ0) is 18.7. The first kappa shape index (κ1) is 17.7. The predicted octanol–water partition coefficient (Wildman–Crippen LogP) is 2.73. The first-order valence-corrected chi connectivity index (χ1v) is 7.87. The Kier molecular flexibility index (Phi) is 5.01. The Labute approximate surface area is 148 Å². The number of hydrogen-bond acceptors (Lipinski definition) is 4. The summed E-state index contributed by atoms with van der Waals surface area (Å²) in [5.74, 6) is -1.94. The van der Waals surface area contributed by atoms with Gasteiger partial charge in [-0.25, -0.2) is 8.78 Å². The summed E-state index contributed by atoms with van der Waals surface area (Å²) < 4.78 is 38.2. The molecule has 2 aromatic carbocycles. The number of hydrogen-bond donors (Lipinski definition) is 1. The highest BCUT2D eigenvalue weighted by Gasteiger charge is 2.21. The number of carbonyl (C=O) groups excluding carboxylic acids is 2. The Balaban J connectivity index is 1.78. The van der Waals surface area contributed by atoms with Gasteiger partial charge in [-0.1, -0.05) is 6.07 Å².